The first-order chi connectivity index (χ1) is 15.7. The van der Waals surface area contributed by atoms with E-state index in [4.69, 9.17) is 4.74 Å². The highest BCUT2D eigenvalue weighted by atomic mass is 19.1. The Morgan fingerprint density at radius 2 is 1.82 bits per heavy atom. The molecule has 1 aliphatic carbocycles. The van der Waals surface area contributed by atoms with Crippen LogP contribution in [0, 0.1) is 23.6 Å². The Labute approximate surface area is 196 Å². The molecule has 1 amide bonds. The first kappa shape index (κ1) is 22.5. The van der Waals surface area contributed by atoms with E-state index < -0.39 is 0 Å². The summed E-state index contributed by atoms with van der Waals surface area (Å²) in [5, 5.41) is 7.30. The molecule has 4 nitrogen and oxygen atoms in total. The number of hydrogen-bond donors (Lipinski definition) is 2. The van der Waals surface area contributed by atoms with Gasteiger partial charge < -0.3 is 15.4 Å². The maximum absolute atomic E-state index is 13.7. The molecule has 2 aromatic rings. The minimum atomic E-state index is -0.268. The Morgan fingerprint density at radius 1 is 1.09 bits per heavy atom. The van der Waals surface area contributed by atoms with Gasteiger partial charge in [0.1, 0.15) is 5.82 Å². The van der Waals surface area contributed by atoms with Gasteiger partial charge in [0, 0.05) is 31.0 Å². The fourth-order valence-corrected chi connectivity index (χ4v) is 7.12. The van der Waals surface area contributed by atoms with Gasteiger partial charge in [0.25, 0.3) is 0 Å². The van der Waals surface area contributed by atoms with Crippen LogP contribution in [-0.4, -0.2) is 29.6 Å². The SMILES string of the molecule is CC(=O)N[C@]12CCO[C@@H](c3ccc(-c4cccc(F)c4)cc3)[C@@H]1C[C@H]1C[C@H]2[C@@H](C)NC1(C)C. The average Bonchev–Trinajstić information content (AvgIpc) is 2.76. The maximum Gasteiger partial charge on any atom is 0.217 e. The minimum Gasteiger partial charge on any atom is -0.373 e. The van der Waals surface area contributed by atoms with E-state index in [9.17, 15) is 9.18 Å². The molecule has 5 rings (SSSR count). The summed E-state index contributed by atoms with van der Waals surface area (Å²) in [5.74, 6) is 0.921. The summed E-state index contributed by atoms with van der Waals surface area (Å²) in [6, 6.07) is 15.4. The van der Waals surface area contributed by atoms with E-state index in [1.807, 2.05) is 6.07 Å². The smallest absolute Gasteiger partial charge is 0.217 e. The molecule has 2 aliphatic heterocycles. The molecule has 0 radical (unpaired) electrons. The molecular formula is C28H35FN2O2. The van der Waals surface area contributed by atoms with Crippen molar-refractivity contribution in [2.75, 3.05) is 6.61 Å². The third-order valence-electron chi connectivity index (χ3n) is 8.61. The molecule has 33 heavy (non-hydrogen) atoms. The standard InChI is InChI=1S/C28H35FN2O2/c1-17-24-15-22(27(3,4)30-17)16-25-26(33-13-12-28(24,25)31-18(2)32)20-10-8-19(9-11-20)21-6-5-7-23(29)14-21/h5-11,14,17,22,24-26,30H,12-13,15-16H2,1-4H3,(H,31,32)/t17-,22-,24+,25+,26+,28+/m1/s1. The maximum atomic E-state index is 13.7. The molecule has 2 aromatic carbocycles. The van der Waals surface area contributed by atoms with E-state index in [2.05, 4.69) is 55.7 Å². The van der Waals surface area contributed by atoms with E-state index >= 15 is 0 Å². The topological polar surface area (TPSA) is 50.4 Å². The average molecular weight is 451 g/mol. The highest BCUT2D eigenvalue weighted by Gasteiger charge is 2.60. The summed E-state index contributed by atoms with van der Waals surface area (Å²) in [7, 11) is 0. The van der Waals surface area contributed by atoms with Crippen molar-refractivity contribution in [2.45, 2.75) is 70.2 Å². The molecule has 1 saturated carbocycles. The summed E-state index contributed by atoms with van der Waals surface area (Å²) in [5.41, 5.74) is 2.78. The molecule has 2 N–H and O–H groups in total. The lowest BCUT2D eigenvalue weighted by Gasteiger charge is -2.63. The van der Waals surface area contributed by atoms with Gasteiger partial charge in [0.15, 0.2) is 0 Å². The molecule has 2 bridgehead atoms. The Morgan fingerprint density at radius 3 is 2.52 bits per heavy atom. The zero-order chi connectivity index (χ0) is 23.4. The van der Waals surface area contributed by atoms with Gasteiger partial charge in [0.2, 0.25) is 5.91 Å². The van der Waals surface area contributed by atoms with Crippen LogP contribution in [0.4, 0.5) is 4.39 Å². The van der Waals surface area contributed by atoms with Crippen molar-refractivity contribution in [3.63, 3.8) is 0 Å². The van der Waals surface area contributed by atoms with E-state index in [1.54, 1.807) is 19.1 Å². The monoisotopic (exact) mass is 450 g/mol. The van der Waals surface area contributed by atoms with Crippen LogP contribution in [0.25, 0.3) is 11.1 Å². The van der Waals surface area contributed by atoms with Crippen LogP contribution >= 0.6 is 0 Å². The van der Waals surface area contributed by atoms with E-state index in [0.717, 1.165) is 36.0 Å². The fraction of sp³-hybridized carbons (Fsp3) is 0.536. The van der Waals surface area contributed by atoms with Crippen LogP contribution in [0.15, 0.2) is 48.5 Å². The van der Waals surface area contributed by atoms with Crippen LogP contribution in [0.1, 0.15) is 58.6 Å². The number of benzene rings is 2. The highest BCUT2D eigenvalue weighted by Crippen LogP contribution is 2.56. The summed E-state index contributed by atoms with van der Waals surface area (Å²) < 4.78 is 20.1. The van der Waals surface area contributed by atoms with Gasteiger partial charge in [-0.2, -0.15) is 0 Å². The third-order valence-corrected chi connectivity index (χ3v) is 8.61. The molecule has 6 atom stereocenters. The Kier molecular flexibility index (Phi) is 5.61. The second-order valence-electron chi connectivity index (χ2n) is 10.9. The lowest BCUT2D eigenvalue weighted by Crippen LogP contribution is -2.73. The van der Waals surface area contributed by atoms with Crippen molar-refractivity contribution < 1.29 is 13.9 Å². The van der Waals surface area contributed by atoms with E-state index in [0.29, 0.717) is 24.5 Å². The van der Waals surface area contributed by atoms with E-state index in [1.165, 1.54) is 6.07 Å². The molecule has 5 heteroatoms. The second kappa shape index (κ2) is 8.21. The van der Waals surface area contributed by atoms with Crippen molar-refractivity contribution in [1.29, 1.82) is 0 Å². The number of carbonyl (C=O) groups is 1. The Hall–Kier alpha value is -2.24. The number of piperidine rings is 1. The summed E-state index contributed by atoms with van der Waals surface area (Å²) in [6.45, 7) is 9.16. The lowest BCUT2D eigenvalue weighted by molar-refractivity contribution is -0.160. The number of hydrogen-bond acceptors (Lipinski definition) is 3. The van der Waals surface area contributed by atoms with Gasteiger partial charge in [-0.05, 0) is 80.7 Å². The van der Waals surface area contributed by atoms with Crippen molar-refractivity contribution >= 4 is 5.91 Å². The number of halogens is 1. The van der Waals surface area contributed by atoms with Crippen LogP contribution in [0.3, 0.4) is 0 Å². The van der Waals surface area contributed by atoms with Crippen LogP contribution in [0.2, 0.25) is 0 Å². The number of amides is 1. The van der Waals surface area contributed by atoms with E-state index in [-0.39, 0.29) is 34.8 Å². The first-order valence-electron chi connectivity index (χ1n) is 12.2. The number of carbonyl (C=O) groups excluding carboxylic acids is 1. The molecule has 0 unspecified atom stereocenters. The van der Waals surface area contributed by atoms with Gasteiger partial charge in [-0.25, -0.2) is 4.39 Å². The molecule has 0 aromatic heterocycles. The van der Waals surface area contributed by atoms with Crippen molar-refractivity contribution in [1.82, 2.24) is 10.6 Å². The van der Waals surface area contributed by atoms with Crippen molar-refractivity contribution in [2.24, 2.45) is 17.8 Å². The van der Waals surface area contributed by atoms with Crippen molar-refractivity contribution in [3.05, 3.63) is 59.9 Å². The Bertz CT molecular complexity index is 1040. The van der Waals surface area contributed by atoms with Crippen LogP contribution < -0.4 is 10.6 Å². The van der Waals surface area contributed by atoms with Gasteiger partial charge in [-0.15, -0.1) is 0 Å². The normalized spacial score (nSPS) is 34.9. The molecular weight excluding hydrogens is 415 g/mol. The van der Waals surface area contributed by atoms with Crippen LogP contribution in [0.5, 0.6) is 0 Å². The number of rotatable bonds is 3. The lowest BCUT2D eigenvalue weighted by atomic mass is 9.52. The largest absolute Gasteiger partial charge is 0.373 e. The molecule has 3 fully saturated rings. The zero-order valence-electron chi connectivity index (χ0n) is 20.0. The number of fused-ring (bicyclic) bond motifs is 4. The number of ether oxygens (including phenoxy) is 1. The van der Waals surface area contributed by atoms with Gasteiger partial charge in [-0.3, -0.25) is 4.79 Å². The molecule has 0 spiro atoms. The zero-order valence-corrected chi connectivity index (χ0v) is 20.0. The minimum absolute atomic E-state index is 0.0394. The Balaban J connectivity index is 1.51. The van der Waals surface area contributed by atoms with Crippen LogP contribution in [-0.2, 0) is 9.53 Å². The first-order valence-corrected chi connectivity index (χ1v) is 12.2. The summed E-state index contributed by atoms with van der Waals surface area (Å²) in [4.78, 5) is 12.4. The van der Waals surface area contributed by atoms with Crippen molar-refractivity contribution in [3.8, 4) is 11.1 Å². The fourth-order valence-electron chi connectivity index (χ4n) is 7.12. The van der Waals surface area contributed by atoms with Gasteiger partial charge in [0.05, 0.1) is 11.6 Å². The third kappa shape index (κ3) is 3.89. The summed E-state index contributed by atoms with van der Waals surface area (Å²) in [6.07, 6.45) is 2.92. The van der Waals surface area contributed by atoms with Gasteiger partial charge in [-0.1, -0.05) is 36.4 Å². The molecule has 2 saturated heterocycles. The van der Waals surface area contributed by atoms with Gasteiger partial charge >= 0.3 is 0 Å². The number of nitrogens with one attached hydrogen (secondary N) is 2. The highest BCUT2D eigenvalue weighted by molar-refractivity contribution is 5.74. The quantitative estimate of drug-likeness (QED) is 0.672. The predicted molar refractivity (Wildman–Crippen MR) is 128 cm³/mol. The predicted octanol–water partition coefficient (Wildman–Crippen LogP) is 5.24. The molecule has 2 heterocycles. The second-order valence-corrected chi connectivity index (χ2v) is 10.9. The summed E-state index contributed by atoms with van der Waals surface area (Å²) >= 11 is 0. The molecule has 3 aliphatic rings. The molecule has 176 valence electrons.